The van der Waals surface area contributed by atoms with E-state index in [-0.39, 0.29) is 5.91 Å². The fourth-order valence-electron chi connectivity index (χ4n) is 3.09. The van der Waals surface area contributed by atoms with Crippen LogP contribution in [0.15, 0.2) is 6.20 Å². The second-order valence-corrected chi connectivity index (χ2v) is 5.33. The number of hydrogen-bond acceptors (Lipinski definition) is 3. The standard InChI is InChI=1S/C13H20N4O/c14-11-9-15-17(10-5-1-2-6-10)12(11)13(18)16-7-3-4-8-16/h9-10H,1-8,14H2. The summed E-state index contributed by atoms with van der Waals surface area (Å²) in [6, 6.07) is 0.365. The van der Waals surface area contributed by atoms with Crippen LogP contribution in [0.2, 0.25) is 0 Å². The molecule has 2 fully saturated rings. The molecule has 2 N–H and O–H groups in total. The van der Waals surface area contributed by atoms with Crippen LogP contribution in [-0.4, -0.2) is 33.7 Å². The molecule has 18 heavy (non-hydrogen) atoms. The molecule has 1 amide bonds. The average molecular weight is 248 g/mol. The average Bonchev–Trinajstić information content (AvgIpc) is 3.10. The molecule has 0 radical (unpaired) electrons. The van der Waals surface area contributed by atoms with Gasteiger partial charge >= 0.3 is 0 Å². The summed E-state index contributed by atoms with van der Waals surface area (Å²) >= 11 is 0. The van der Waals surface area contributed by atoms with E-state index in [1.165, 1.54) is 12.8 Å². The van der Waals surface area contributed by atoms with Gasteiger partial charge in [0.25, 0.3) is 5.91 Å². The van der Waals surface area contributed by atoms with E-state index in [0.29, 0.717) is 17.4 Å². The molecule has 1 saturated heterocycles. The first-order chi connectivity index (χ1) is 8.77. The molecule has 1 aromatic rings. The van der Waals surface area contributed by atoms with Crippen molar-refractivity contribution in [3.8, 4) is 0 Å². The number of anilines is 1. The Labute approximate surface area is 107 Å². The Kier molecular flexibility index (Phi) is 2.97. The predicted molar refractivity (Wildman–Crippen MR) is 69.3 cm³/mol. The number of nitrogens with zero attached hydrogens (tertiary/aromatic N) is 3. The van der Waals surface area contributed by atoms with Crippen LogP contribution in [0.4, 0.5) is 5.69 Å². The minimum Gasteiger partial charge on any atom is -0.396 e. The lowest BCUT2D eigenvalue weighted by molar-refractivity contribution is 0.0778. The van der Waals surface area contributed by atoms with Crippen molar-refractivity contribution in [3.05, 3.63) is 11.9 Å². The highest BCUT2D eigenvalue weighted by molar-refractivity contribution is 5.97. The Balaban J connectivity index is 1.89. The number of rotatable bonds is 2. The smallest absolute Gasteiger partial charge is 0.274 e. The zero-order valence-electron chi connectivity index (χ0n) is 10.6. The van der Waals surface area contributed by atoms with Crippen LogP contribution < -0.4 is 5.73 Å². The first kappa shape index (κ1) is 11.6. The van der Waals surface area contributed by atoms with E-state index in [9.17, 15) is 4.79 Å². The highest BCUT2D eigenvalue weighted by Crippen LogP contribution is 2.32. The molecule has 0 aromatic carbocycles. The molecule has 5 nitrogen and oxygen atoms in total. The Hall–Kier alpha value is -1.52. The predicted octanol–water partition coefficient (Wildman–Crippen LogP) is 1.82. The van der Waals surface area contributed by atoms with Crippen molar-refractivity contribution in [2.45, 2.75) is 44.6 Å². The fraction of sp³-hybridized carbons (Fsp3) is 0.692. The van der Waals surface area contributed by atoms with Crippen LogP contribution in [0.3, 0.4) is 0 Å². The molecule has 1 aliphatic heterocycles. The Morgan fingerprint density at radius 1 is 1.22 bits per heavy atom. The number of aromatic nitrogens is 2. The van der Waals surface area contributed by atoms with Gasteiger partial charge in [-0.15, -0.1) is 0 Å². The fourth-order valence-corrected chi connectivity index (χ4v) is 3.09. The van der Waals surface area contributed by atoms with Crippen molar-refractivity contribution in [1.82, 2.24) is 14.7 Å². The third-order valence-electron chi connectivity index (χ3n) is 4.09. The van der Waals surface area contributed by atoms with Crippen molar-refractivity contribution in [2.24, 2.45) is 0 Å². The number of likely N-dealkylation sites (tertiary alicyclic amines) is 1. The summed E-state index contributed by atoms with van der Waals surface area (Å²) < 4.78 is 1.88. The highest BCUT2D eigenvalue weighted by Gasteiger charge is 2.29. The van der Waals surface area contributed by atoms with E-state index in [1.54, 1.807) is 6.20 Å². The van der Waals surface area contributed by atoms with E-state index in [1.807, 2.05) is 9.58 Å². The van der Waals surface area contributed by atoms with Gasteiger partial charge in [-0.2, -0.15) is 5.10 Å². The molecule has 1 aliphatic carbocycles. The van der Waals surface area contributed by atoms with Gasteiger partial charge in [-0.05, 0) is 25.7 Å². The lowest BCUT2D eigenvalue weighted by atomic mass is 10.2. The first-order valence-corrected chi connectivity index (χ1v) is 6.89. The third kappa shape index (κ3) is 1.87. The van der Waals surface area contributed by atoms with Gasteiger partial charge in [0.05, 0.1) is 17.9 Å². The molecule has 0 atom stereocenters. The maximum atomic E-state index is 12.5. The Morgan fingerprint density at radius 3 is 2.56 bits per heavy atom. The molecular formula is C13H20N4O. The summed E-state index contributed by atoms with van der Waals surface area (Å²) in [7, 11) is 0. The van der Waals surface area contributed by atoms with Crippen molar-refractivity contribution >= 4 is 11.6 Å². The molecule has 0 unspecified atom stereocenters. The van der Waals surface area contributed by atoms with E-state index >= 15 is 0 Å². The maximum absolute atomic E-state index is 12.5. The van der Waals surface area contributed by atoms with Crippen LogP contribution >= 0.6 is 0 Å². The molecule has 0 spiro atoms. The van der Waals surface area contributed by atoms with Crippen molar-refractivity contribution in [2.75, 3.05) is 18.8 Å². The quantitative estimate of drug-likeness (QED) is 0.868. The Morgan fingerprint density at radius 2 is 1.89 bits per heavy atom. The van der Waals surface area contributed by atoms with Crippen molar-refractivity contribution in [3.63, 3.8) is 0 Å². The van der Waals surface area contributed by atoms with Gasteiger partial charge in [0.1, 0.15) is 5.69 Å². The third-order valence-corrected chi connectivity index (χ3v) is 4.09. The molecule has 1 aromatic heterocycles. The maximum Gasteiger partial charge on any atom is 0.274 e. The largest absolute Gasteiger partial charge is 0.396 e. The summed E-state index contributed by atoms with van der Waals surface area (Å²) in [5, 5.41) is 4.33. The number of nitrogens with two attached hydrogens (primary N) is 1. The van der Waals surface area contributed by atoms with Crippen molar-refractivity contribution < 1.29 is 4.79 Å². The van der Waals surface area contributed by atoms with E-state index in [4.69, 9.17) is 5.73 Å². The van der Waals surface area contributed by atoms with E-state index in [0.717, 1.165) is 38.8 Å². The van der Waals surface area contributed by atoms with Gasteiger partial charge in [0.2, 0.25) is 0 Å². The first-order valence-electron chi connectivity index (χ1n) is 6.89. The summed E-state index contributed by atoms with van der Waals surface area (Å²) in [6.07, 6.45) is 8.50. The number of carbonyl (C=O) groups is 1. The molecule has 98 valence electrons. The second-order valence-electron chi connectivity index (χ2n) is 5.33. The molecular weight excluding hydrogens is 228 g/mol. The van der Waals surface area contributed by atoms with Gasteiger partial charge in [0, 0.05) is 13.1 Å². The summed E-state index contributed by atoms with van der Waals surface area (Å²) in [5.41, 5.74) is 7.09. The normalized spacial score (nSPS) is 20.8. The topological polar surface area (TPSA) is 64.1 Å². The SMILES string of the molecule is Nc1cnn(C2CCCC2)c1C(=O)N1CCCC1. The molecule has 2 heterocycles. The van der Waals surface area contributed by atoms with Crippen LogP contribution in [0.25, 0.3) is 0 Å². The minimum absolute atomic E-state index is 0.0643. The van der Waals surface area contributed by atoms with Gasteiger partial charge in [0.15, 0.2) is 0 Å². The number of carbonyl (C=O) groups excluding carboxylic acids is 1. The monoisotopic (exact) mass is 248 g/mol. The molecule has 5 heteroatoms. The van der Waals surface area contributed by atoms with E-state index < -0.39 is 0 Å². The number of nitrogen functional groups attached to an aromatic ring is 1. The lowest BCUT2D eigenvalue weighted by Crippen LogP contribution is -2.31. The van der Waals surface area contributed by atoms with Crippen LogP contribution in [0.1, 0.15) is 55.1 Å². The van der Waals surface area contributed by atoms with Gasteiger partial charge < -0.3 is 10.6 Å². The van der Waals surface area contributed by atoms with Crippen LogP contribution in [0.5, 0.6) is 0 Å². The minimum atomic E-state index is 0.0643. The Bertz CT molecular complexity index is 442. The summed E-state index contributed by atoms with van der Waals surface area (Å²) in [5.74, 6) is 0.0643. The van der Waals surface area contributed by atoms with E-state index in [2.05, 4.69) is 5.10 Å². The summed E-state index contributed by atoms with van der Waals surface area (Å²) in [4.78, 5) is 14.4. The lowest BCUT2D eigenvalue weighted by Gasteiger charge is -2.19. The molecule has 3 rings (SSSR count). The van der Waals surface area contributed by atoms with Crippen LogP contribution in [0, 0.1) is 0 Å². The molecule has 1 saturated carbocycles. The zero-order valence-corrected chi connectivity index (χ0v) is 10.6. The van der Waals surface area contributed by atoms with Crippen molar-refractivity contribution in [1.29, 1.82) is 0 Å². The highest BCUT2D eigenvalue weighted by atomic mass is 16.2. The summed E-state index contributed by atoms with van der Waals surface area (Å²) in [6.45, 7) is 1.71. The number of hydrogen-bond donors (Lipinski definition) is 1. The second kappa shape index (κ2) is 4.63. The van der Waals surface area contributed by atoms with Gasteiger partial charge in [-0.25, -0.2) is 0 Å². The number of amides is 1. The molecule has 0 bridgehead atoms. The zero-order chi connectivity index (χ0) is 12.5. The van der Waals surface area contributed by atoms with Crippen LogP contribution in [-0.2, 0) is 0 Å². The van der Waals surface area contributed by atoms with Gasteiger partial charge in [-0.1, -0.05) is 12.8 Å². The van der Waals surface area contributed by atoms with Gasteiger partial charge in [-0.3, -0.25) is 9.48 Å². The molecule has 2 aliphatic rings.